The summed E-state index contributed by atoms with van der Waals surface area (Å²) in [5, 5.41) is 0. The molecule has 178 valence electrons. The van der Waals surface area contributed by atoms with E-state index < -0.39 is 11.9 Å². The molecule has 1 atom stereocenters. The number of carbonyl (C=O) groups is 2. The molecule has 2 amide bonds. The lowest BCUT2D eigenvalue weighted by molar-refractivity contribution is -0.117. The maximum absolute atomic E-state index is 13.8. The second kappa shape index (κ2) is 9.71. The summed E-state index contributed by atoms with van der Waals surface area (Å²) in [6.07, 6.45) is 6.74. The highest BCUT2D eigenvalue weighted by Gasteiger charge is 2.35. The fourth-order valence-corrected chi connectivity index (χ4v) is 4.63. The van der Waals surface area contributed by atoms with Crippen molar-refractivity contribution in [3.63, 3.8) is 0 Å². The molecular weight excluding hydrogens is 435 g/mol. The normalized spacial score (nSPS) is 17.9. The number of fused-ring (bicyclic) bond motifs is 1. The predicted octanol–water partition coefficient (Wildman–Crippen LogP) is 6.11. The van der Waals surface area contributed by atoms with Crippen molar-refractivity contribution in [3.8, 4) is 11.5 Å². The van der Waals surface area contributed by atoms with Crippen LogP contribution in [-0.4, -0.2) is 31.7 Å². The predicted molar refractivity (Wildman–Crippen MR) is 131 cm³/mol. The van der Waals surface area contributed by atoms with Crippen LogP contribution in [0.15, 0.2) is 54.1 Å². The molecule has 0 spiro atoms. The van der Waals surface area contributed by atoms with Gasteiger partial charge in [-0.15, -0.1) is 0 Å². The zero-order valence-corrected chi connectivity index (χ0v) is 19.9. The van der Waals surface area contributed by atoms with Gasteiger partial charge in [-0.1, -0.05) is 23.8 Å². The van der Waals surface area contributed by atoms with Crippen LogP contribution in [0.1, 0.15) is 45.6 Å². The summed E-state index contributed by atoms with van der Waals surface area (Å²) in [4.78, 5) is 29.0. The lowest BCUT2D eigenvalue weighted by atomic mass is 9.96. The number of ether oxygens (including phenoxy) is 2. The number of halogens is 1. The molecule has 0 fully saturated rings. The number of allylic oxidation sites excluding steroid dienone is 4. The first-order valence-electron chi connectivity index (χ1n) is 11.4. The van der Waals surface area contributed by atoms with E-state index in [4.69, 9.17) is 9.47 Å². The summed E-state index contributed by atoms with van der Waals surface area (Å²) in [5.74, 6) is -0.393. The quantitative estimate of drug-likeness (QED) is 0.550. The van der Waals surface area contributed by atoms with Gasteiger partial charge in [0.1, 0.15) is 5.82 Å². The van der Waals surface area contributed by atoms with E-state index in [1.54, 1.807) is 4.90 Å². The van der Waals surface area contributed by atoms with Crippen molar-refractivity contribution >= 4 is 28.9 Å². The van der Waals surface area contributed by atoms with Crippen LogP contribution in [0.4, 0.5) is 20.6 Å². The Morgan fingerprint density at radius 2 is 1.88 bits per heavy atom. The second-order valence-corrected chi connectivity index (χ2v) is 8.70. The van der Waals surface area contributed by atoms with Gasteiger partial charge in [0.2, 0.25) is 5.91 Å². The van der Waals surface area contributed by atoms with Gasteiger partial charge in [-0.2, -0.15) is 0 Å². The average Bonchev–Trinajstić information content (AvgIpc) is 3.02. The van der Waals surface area contributed by atoms with Crippen LogP contribution >= 0.6 is 0 Å². The maximum Gasteiger partial charge on any atom is 0.420 e. The van der Waals surface area contributed by atoms with Gasteiger partial charge in [-0.3, -0.25) is 9.69 Å². The highest BCUT2D eigenvalue weighted by molar-refractivity contribution is 6.03. The molecule has 2 aromatic carbocycles. The molecule has 2 aromatic rings. The van der Waals surface area contributed by atoms with Crippen LogP contribution in [0.3, 0.4) is 0 Å². The summed E-state index contributed by atoms with van der Waals surface area (Å²) in [6, 6.07) is 9.29. The number of methoxy groups -OCH3 is 1. The van der Waals surface area contributed by atoms with Gasteiger partial charge in [0.15, 0.2) is 11.5 Å². The molecular formula is C27H29FN2O4. The van der Waals surface area contributed by atoms with Gasteiger partial charge in [0, 0.05) is 19.5 Å². The molecule has 2 aliphatic rings. The van der Waals surface area contributed by atoms with E-state index in [9.17, 15) is 14.0 Å². The largest absolute Gasteiger partial charge is 0.493 e. The van der Waals surface area contributed by atoms with E-state index in [2.05, 4.69) is 19.1 Å². The van der Waals surface area contributed by atoms with Crippen molar-refractivity contribution in [2.45, 2.75) is 46.1 Å². The van der Waals surface area contributed by atoms with Crippen molar-refractivity contribution in [2.75, 3.05) is 23.5 Å². The standard InChI is InChI=1S/C27H29FN2O4/c1-17-8-6-5-7-9-22(17)20-10-12-23-24(14-20)29(16-18(2)30(23)19(3)31)27(32)34-26-15-21(28)11-13-25(26)33-4/h7,9-15,18H,5-6,8,16H2,1-4H3/t18-/m0/s1. The number of nitrogens with zero attached hydrogens (tertiary/aromatic N) is 2. The third-order valence-electron chi connectivity index (χ3n) is 6.27. The van der Waals surface area contributed by atoms with E-state index in [0.717, 1.165) is 36.5 Å². The Morgan fingerprint density at radius 1 is 1.09 bits per heavy atom. The van der Waals surface area contributed by atoms with Crippen LogP contribution in [0.25, 0.3) is 5.57 Å². The van der Waals surface area contributed by atoms with Gasteiger partial charge in [0.25, 0.3) is 0 Å². The van der Waals surface area contributed by atoms with Gasteiger partial charge < -0.3 is 14.4 Å². The summed E-state index contributed by atoms with van der Waals surface area (Å²) < 4.78 is 24.6. The number of rotatable bonds is 3. The highest BCUT2D eigenvalue weighted by Crippen LogP contribution is 2.40. The van der Waals surface area contributed by atoms with Crippen molar-refractivity contribution in [1.82, 2.24) is 0 Å². The molecule has 6 nitrogen and oxygen atoms in total. The molecule has 1 heterocycles. The fourth-order valence-electron chi connectivity index (χ4n) is 4.63. The number of amides is 2. The molecule has 4 rings (SSSR count). The number of hydrogen-bond acceptors (Lipinski definition) is 4. The average molecular weight is 465 g/mol. The molecule has 0 radical (unpaired) electrons. The molecule has 7 heteroatoms. The van der Waals surface area contributed by atoms with Crippen molar-refractivity contribution in [2.24, 2.45) is 0 Å². The van der Waals surface area contributed by atoms with Crippen molar-refractivity contribution < 1.29 is 23.5 Å². The minimum Gasteiger partial charge on any atom is -0.493 e. The monoisotopic (exact) mass is 464 g/mol. The molecule has 34 heavy (non-hydrogen) atoms. The van der Waals surface area contributed by atoms with Crippen LogP contribution in [0.5, 0.6) is 11.5 Å². The van der Waals surface area contributed by atoms with E-state index in [1.807, 2.05) is 25.1 Å². The van der Waals surface area contributed by atoms with E-state index >= 15 is 0 Å². The molecule has 1 aliphatic carbocycles. The molecule has 0 aromatic heterocycles. The number of hydrogen-bond donors (Lipinski definition) is 0. The first-order chi connectivity index (χ1) is 16.3. The Kier molecular flexibility index (Phi) is 6.72. The van der Waals surface area contributed by atoms with Crippen LogP contribution in [0.2, 0.25) is 0 Å². The summed E-state index contributed by atoms with van der Waals surface area (Å²) in [5.41, 5.74) is 4.57. The summed E-state index contributed by atoms with van der Waals surface area (Å²) in [6.45, 7) is 5.75. The summed E-state index contributed by atoms with van der Waals surface area (Å²) in [7, 11) is 1.43. The SMILES string of the molecule is COc1ccc(F)cc1OC(=O)N1C[C@H](C)N(C(C)=O)c2ccc(C3=C(C)CCCC=C3)cc21. The van der Waals surface area contributed by atoms with Gasteiger partial charge in [0.05, 0.1) is 24.5 Å². The van der Waals surface area contributed by atoms with Crippen LogP contribution in [0, 0.1) is 5.82 Å². The lowest BCUT2D eigenvalue weighted by Crippen LogP contribution is -2.52. The molecule has 0 saturated heterocycles. The van der Waals surface area contributed by atoms with E-state index in [-0.39, 0.29) is 30.0 Å². The molecule has 1 aliphatic heterocycles. The van der Waals surface area contributed by atoms with Gasteiger partial charge >= 0.3 is 6.09 Å². The maximum atomic E-state index is 13.8. The Labute approximate surface area is 199 Å². The highest BCUT2D eigenvalue weighted by atomic mass is 19.1. The Balaban J connectivity index is 1.78. The minimum absolute atomic E-state index is 0.00268. The first kappa shape index (κ1) is 23.5. The third-order valence-corrected chi connectivity index (χ3v) is 6.27. The van der Waals surface area contributed by atoms with E-state index in [0.29, 0.717) is 11.4 Å². The zero-order valence-electron chi connectivity index (χ0n) is 19.9. The van der Waals surface area contributed by atoms with Crippen molar-refractivity contribution in [3.05, 3.63) is 65.5 Å². The Hall–Kier alpha value is -3.61. The Morgan fingerprint density at radius 3 is 2.62 bits per heavy atom. The molecule has 0 bridgehead atoms. The Bertz CT molecular complexity index is 1190. The second-order valence-electron chi connectivity index (χ2n) is 8.70. The van der Waals surface area contributed by atoms with Gasteiger partial charge in [-0.25, -0.2) is 9.18 Å². The topological polar surface area (TPSA) is 59.1 Å². The fraction of sp³-hybridized carbons (Fsp3) is 0.333. The molecule has 0 N–H and O–H groups in total. The minimum atomic E-state index is -0.667. The number of benzene rings is 2. The van der Waals surface area contributed by atoms with Crippen LogP contribution in [-0.2, 0) is 4.79 Å². The number of carbonyl (C=O) groups excluding carboxylic acids is 2. The first-order valence-corrected chi connectivity index (χ1v) is 11.4. The van der Waals surface area contributed by atoms with Gasteiger partial charge in [-0.05, 0) is 68.5 Å². The smallest absolute Gasteiger partial charge is 0.420 e. The third kappa shape index (κ3) is 4.55. The molecule has 0 saturated carbocycles. The van der Waals surface area contributed by atoms with Crippen molar-refractivity contribution in [1.29, 1.82) is 0 Å². The summed E-state index contributed by atoms with van der Waals surface area (Å²) >= 11 is 0. The number of anilines is 2. The van der Waals surface area contributed by atoms with Crippen LogP contribution < -0.4 is 19.3 Å². The molecule has 0 unspecified atom stereocenters. The zero-order chi connectivity index (χ0) is 24.4. The lowest BCUT2D eigenvalue weighted by Gasteiger charge is -2.40. The van der Waals surface area contributed by atoms with E-state index in [1.165, 1.54) is 36.6 Å².